The van der Waals surface area contributed by atoms with E-state index in [9.17, 15) is 22.0 Å². The van der Waals surface area contributed by atoms with E-state index in [1.807, 2.05) is 0 Å². The minimum atomic E-state index is -4.54. The van der Waals surface area contributed by atoms with Crippen molar-refractivity contribution in [2.75, 3.05) is 0 Å². The molecule has 0 N–H and O–H groups in total. The predicted octanol–water partition coefficient (Wildman–Crippen LogP) is 6.23. The van der Waals surface area contributed by atoms with E-state index >= 15 is 0 Å². The van der Waals surface area contributed by atoms with E-state index < -0.39 is 28.2 Å². The third-order valence-electron chi connectivity index (χ3n) is 2.82. The van der Waals surface area contributed by atoms with Gasteiger partial charge >= 0.3 is 6.18 Å². The van der Waals surface area contributed by atoms with Crippen molar-refractivity contribution in [1.29, 1.82) is 0 Å². The maximum atomic E-state index is 13.7. The van der Waals surface area contributed by atoms with Crippen molar-refractivity contribution in [3.8, 4) is 0 Å². The van der Waals surface area contributed by atoms with Crippen LogP contribution >= 0.6 is 31.9 Å². The van der Waals surface area contributed by atoms with Gasteiger partial charge in [0.1, 0.15) is 11.6 Å². The number of benzene rings is 2. The van der Waals surface area contributed by atoms with Crippen molar-refractivity contribution in [1.82, 2.24) is 0 Å². The molecule has 0 aromatic heterocycles. The van der Waals surface area contributed by atoms with Gasteiger partial charge in [0.15, 0.2) is 0 Å². The Bertz CT molecular complexity index is 667. The molecule has 0 bridgehead atoms. The van der Waals surface area contributed by atoms with Gasteiger partial charge in [0, 0.05) is 10.0 Å². The van der Waals surface area contributed by atoms with Crippen LogP contribution in [0.3, 0.4) is 0 Å². The molecule has 0 saturated carbocycles. The second kappa shape index (κ2) is 6.04. The Morgan fingerprint density at radius 3 is 2.24 bits per heavy atom. The van der Waals surface area contributed by atoms with Crippen molar-refractivity contribution in [3.05, 3.63) is 69.2 Å². The zero-order valence-corrected chi connectivity index (χ0v) is 13.4. The molecule has 2 aromatic carbocycles. The van der Waals surface area contributed by atoms with Crippen LogP contribution in [0.25, 0.3) is 0 Å². The maximum Gasteiger partial charge on any atom is 0.417 e. The zero-order valence-electron chi connectivity index (χ0n) is 10.2. The third-order valence-corrected chi connectivity index (χ3v) is 4.53. The Kier molecular flexibility index (Phi) is 4.72. The van der Waals surface area contributed by atoms with E-state index in [-0.39, 0.29) is 15.6 Å². The van der Waals surface area contributed by atoms with Gasteiger partial charge in [-0.1, -0.05) is 37.9 Å². The van der Waals surface area contributed by atoms with Gasteiger partial charge in [0.2, 0.25) is 0 Å². The van der Waals surface area contributed by atoms with Crippen molar-refractivity contribution < 1.29 is 22.0 Å². The first-order valence-electron chi connectivity index (χ1n) is 5.66. The molecule has 2 aromatic rings. The van der Waals surface area contributed by atoms with E-state index in [1.165, 1.54) is 12.1 Å². The summed E-state index contributed by atoms with van der Waals surface area (Å²) >= 11 is 5.94. The highest BCUT2D eigenvalue weighted by atomic mass is 79.9. The normalized spacial score (nSPS) is 13.3. The summed E-state index contributed by atoms with van der Waals surface area (Å²) in [5.74, 6) is -1.36. The molecule has 0 fully saturated rings. The monoisotopic (exact) mass is 428 g/mol. The largest absolute Gasteiger partial charge is 0.417 e. The van der Waals surface area contributed by atoms with E-state index in [1.54, 1.807) is 0 Å². The van der Waals surface area contributed by atoms with Crippen LogP contribution in [0.1, 0.15) is 21.5 Å². The standard InChI is InChI=1S/C14H7Br2F5/c15-11-3-1-7(5-10(11)14(19,20)21)13(16)9-6-8(17)2-4-12(9)18/h1-6,13H. The maximum absolute atomic E-state index is 13.7. The highest BCUT2D eigenvalue weighted by Gasteiger charge is 2.33. The quantitative estimate of drug-likeness (QED) is 0.392. The second-order valence-corrected chi connectivity index (χ2v) is 6.04. The van der Waals surface area contributed by atoms with Gasteiger partial charge in [-0.3, -0.25) is 0 Å². The summed E-state index contributed by atoms with van der Waals surface area (Å²) in [5.41, 5.74) is -0.762. The first-order valence-corrected chi connectivity index (χ1v) is 7.36. The van der Waals surface area contributed by atoms with Gasteiger partial charge in [0.05, 0.1) is 10.4 Å². The Morgan fingerprint density at radius 1 is 0.952 bits per heavy atom. The molecule has 1 atom stereocenters. The molecule has 0 amide bonds. The first kappa shape index (κ1) is 16.4. The molecule has 0 aliphatic heterocycles. The number of rotatable bonds is 2. The SMILES string of the molecule is Fc1ccc(F)c(C(Br)c2ccc(Br)c(C(F)(F)F)c2)c1. The minimum Gasteiger partial charge on any atom is -0.207 e. The van der Waals surface area contributed by atoms with E-state index in [0.29, 0.717) is 0 Å². The summed E-state index contributed by atoms with van der Waals surface area (Å²) in [7, 11) is 0. The van der Waals surface area contributed by atoms with Crippen molar-refractivity contribution in [2.24, 2.45) is 0 Å². The van der Waals surface area contributed by atoms with Crippen LogP contribution in [0, 0.1) is 11.6 Å². The molecular formula is C14H7Br2F5. The molecule has 0 radical (unpaired) electrons. The number of halogens is 7. The van der Waals surface area contributed by atoms with Crippen LogP contribution in [-0.2, 0) is 6.18 Å². The fourth-order valence-electron chi connectivity index (χ4n) is 1.81. The van der Waals surface area contributed by atoms with Gasteiger partial charge in [-0.2, -0.15) is 13.2 Å². The van der Waals surface area contributed by atoms with E-state index in [0.717, 1.165) is 24.3 Å². The molecule has 0 aliphatic carbocycles. The van der Waals surface area contributed by atoms with Crippen molar-refractivity contribution in [3.63, 3.8) is 0 Å². The highest BCUT2D eigenvalue weighted by molar-refractivity contribution is 9.10. The third kappa shape index (κ3) is 3.63. The Hall–Kier alpha value is -0.950. The first-order chi connectivity index (χ1) is 9.70. The molecule has 0 saturated heterocycles. The smallest absolute Gasteiger partial charge is 0.207 e. The predicted molar refractivity (Wildman–Crippen MR) is 76.3 cm³/mol. The zero-order chi connectivity index (χ0) is 15.8. The molecule has 1 unspecified atom stereocenters. The molecule has 112 valence electrons. The van der Waals surface area contributed by atoms with Gasteiger partial charge < -0.3 is 0 Å². The van der Waals surface area contributed by atoms with Crippen LogP contribution < -0.4 is 0 Å². The molecule has 0 heterocycles. The fraction of sp³-hybridized carbons (Fsp3) is 0.143. The molecule has 0 aliphatic rings. The van der Waals surface area contributed by atoms with Crippen LogP contribution in [-0.4, -0.2) is 0 Å². The average Bonchev–Trinajstić information content (AvgIpc) is 2.40. The highest BCUT2D eigenvalue weighted by Crippen LogP contribution is 2.39. The van der Waals surface area contributed by atoms with Gasteiger partial charge in [-0.25, -0.2) is 8.78 Å². The van der Waals surface area contributed by atoms with Gasteiger partial charge in [-0.15, -0.1) is 0 Å². The lowest BCUT2D eigenvalue weighted by atomic mass is 10.0. The molecule has 0 nitrogen and oxygen atoms in total. The lowest BCUT2D eigenvalue weighted by Gasteiger charge is -2.15. The molecule has 0 spiro atoms. The summed E-state index contributed by atoms with van der Waals surface area (Å²) in [6.07, 6.45) is -4.54. The lowest BCUT2D eigenvalue weighted by molar-refractivity contribution is -0.138. The van der Waals surface area contributed by atoms with Crippen molar-refractivity contribution in [2.45, 2.75) is 11.0 Å². The van der Waals surface area contributed by atoms with Crippen molar-refractivity contribution >= 4 is 31.9 Å². The molecule has 7 heteroatoms. The summed E-state index contributed by atoms with van der Waals surface area (Å²) in [6.45, 7) is 0. The van der Waals surface area contributed by atoms with Crippen LogP contribution in [0.5, 0.6) is 0 Å². The number of alkyl halides is 4. The molecular weight excluding hydrogens is 423 g/mol. The molecule has 21 heavy (non-hydrogen) atoms. The Labute approximate surface area is 134 Å². The lowest BCUT2D eigenvalue weighted by Crippen LogP contribution is -2.08. The summed E-state index contributed by atoms with van der Waals surface area (Å²) < 4.78 is 65.3. The van der Waals surface area contributed by atoms with Gasteiger partial charge in [-0.05, 0) is 35.9 Å². The molecule has 2 rings (SSSR count). The average molecular weight is 430 g/mol. The van der Waals surface area contributed by atoms with E-state index in [4.69, 9.17) is 0 Å². The summed E-state index contributed by atoms with van der Waals surface area (Å²) in [6, 6.07) is 6.36. The Morgan fingerprint density at radius 2 is 1.62 bits per heavy atom. The van der Waals surface area contributed by atoms with Crippen LogP contribution in [0.2, 0.25) is 0 Å². The topological polar surface area (TPSA) is 0 Å². The van der Waals surface area contributed by atoms with Crippen LogP contribution in [0.15, 0.2) is 40.9 Å². The number of hydrogen-bond acceptors (Lipinski definition) is 0. The Balaban J connectivity index is 2.49. The summed E-state index contributed by atoms with van der Waals surface area (Å²) in [5, 5.41) is 0. The summed E-state index contributed by atoms with van der Waals surface area (Å²) in [4.78, 5) is -0.887. The minimum absolute atomic E-state index is 0.0644. The second-order valence-electron chi connectivity index (χ2n) is 4.27. The number of hydrogen-bond donors (Lipinski definition) is 0. The fourth-order valence-corrected chi connectivity index (χ4v) is 2.91. The van der Waals surface area contributed by atoms with E-state index in [2.05, 4.69) is 31.9 Å². The van der Waals surface area contributed by atoms with Crippen LogP contribution in [0.4, 0.5) is 22.0 Å². The van der Waals surface area contributed by atoms with Gasteiger partial charge in [0.25, 0.3) is 0 Å².